The summed E-state index contributed by atoms with van der Waals surface area (Å²) >= 11 is 3.34. The van der Waals surface area contributed by atoms with E-state index in [1.54, 1.807) is 37.6 Å². The SMILES string of the molecule is COc1cc2c(Oc3ccc4c(c3F)C=C(C)C4)ccnc2cc1OCCBr. The average molecular weight is 444 g/mol. The van der Waals surface area contributed by atoms with Gasteiger partial charge < -0.3 is 14.2 Å². The largest absolute Gasteiger partial charge is 0.493 e. The summed E-state index contributed by atoms with van der Waals surface area (Å²) in [5.74, 6) is 1.52. The van der Waals surface area contributed by atoms with Crippen LogP contribution in [0.25, 0.3) is 17.0 Å². The van der Waals surface area contributed by atoms with E-state index < -0.39 is 0 Å². The van der Waals surface area contributed by atoms with E-state index in [9.17, 15) is 4.39 Å². The van der Waals surface area contributed by atoms with Crippen molar-refractivity contribution in [1.29, 1.82) is 0 Å². The molecule has 0 saturated carbocycles. The van der Waals surface area contributed by atoms with Crippen molar-refractivity contribution < 1.29 is 18.6 Å². The number of methoxy groups -OCH3 is 1. The smallest absolute Gasteiger partial charge is 0.173 e. The molecule has 0 unspecified atom stereocenters. The number of fused-ring (bicyclic) bond motifs is 2. The van der Waals surface area contributed by atoms with E-state index in [2.05, 4.69) is 20.9 Å². The van der Waals surface area contributed by atoms with Gasteiger partial charge in [0.2, 0.25) is 0 Å². The molecule has 6 heteroatoms. The average Bonchev–Trinajstić information content (AvgIpc) is 3.09. The number of nitrogens with zero attached hydrogens (tertiary/aromatic N) is 1. The van der Waals surface area contributed by atoms with Crippen molar-refractivity contribution in [2.45, 2.75) is 13.3 Å². The van der Waals surface area contributed by atoms with Crippen molar-refractivity contribution in [3.63, 3.8) is 0 Å². The van der Waals surface area contributed by atoms with E-state index >= 15 is 0 Å². The van der Waals surface area contributed by atoms with Gasteiger partial charge in [-0.15, -0.1) is 0 Å². The second kappa shape index (κ2) is 7.80. The minimum absolute atomic E-state index is 0.191. The minimum Gasteiger partial charge on any atom is -0.493 e. The molecule has 1 aromatic heterocycles. The van der Waals surface area contributed by atoms with E-state index in [4.69, 9.17) is 14.2 Å². The highest BCUT2D eigenvalue weighted by molar-refractivity contribution is 9.09. The minimum atomic E-state index is -0.344. The standard InChI is InChI=1S/C22H19BrFNO3/c1-13-9-14-3-4-19(22(24)15(14)10-13)28-18-5-7-25-17-12-21(27-8-6-23)20(26-2)11-16(17)18/h3-5,7,10-12H,6,8-9H2,1-2H3. The first-order valence-electron chi connectivity index (χ1n) is 8.92. The van der Waals surface area contributed by atoms with Crippen molar-refractivity contribution in [1.82, 2.24) is 4.98 Å². The van der Waals surface area contributed by atoms with Gasteiger partial charge in [-0.3, -0.25) is 4.98 Å². The number of pyridine rings is 1. The Labute approximate surface area is 171 Å². The molecule has 0 saturated heterocycles. The predicted molar refractivity (Wildman–Crippen MR) is 111 cm³/mol. The van der Waals surface area contributed by atoms with Gasteiger partial charge in [-0.25, -0.2) is 4.39 Å². The number of benzene rings is 2. The van der Waals surface area contributed by atoms with Crippen LogP contribution < -0.4 is 14.2 Å². The maximum Gasteiger partial charge on any atom is 0.173 e. The van der Waals surface area contributed by atoms with Crippen LogP contribution in [0, 0.1) is 5.82 Å². The summed E-state index contributed by atoms with van der Waals surface area (Å²) in [6.45, 7) is 2.50. The molecule has 0 radical (unpaired) electrons. The van der Waals surface area contributed by atoms with E-state index in [1.807, 2.05) is 19.1 Å². The fraction of sp³-hybridized carbons (Fsp3) is 0.227. The maximum absolute atomic E-state index is 14.9. The summed E-state index contributed by atoms with van der Waals surface area (Å²) in [4.78, 5) is 4.39. The molecule has 0 fully saturated rings. The van der Waals surface area contributed by atoms with Crippen LogP contribution in [0.4, 0.5) is 4.39 Å². The van der Waals surface area contributed by atoms with Crippen LogP contribution in [0.2, 0.25) is 0 Å². The molecule has 0 amide bonds. The predicted octanol–water partition coefficient (Wildman–Crippen LogP) is 5.91. The number of aromatic nitrogens is 1. The lowest BCUT2D eigenvalue weighted by molar-refractivity contribution is 0.315. The third-order valence-electron chi connectivity index (χ3n) is 4.64. The Morgan fingerprint density at radius 1 is 1.11 bits per heavy atom. The van der Waals surface area contributed by atoms with Crippen molar-refractivity contribution in [3.05, 3.63) is 59.0 Å². The Balaban J connectivity index is 1.75. The summed E-state index contributed by atoms with van der Waals surface area (Å²) < 4.78 is 32.1. The van der Waals surface area contributed by atoms with Gasteiger partial charge >= 0.3 is 0 Å². The zero-order valence-electron chi connectivity index (χ0n) is 15.6. The van der Waals surface area contributed by atoms with Crippen LogP contribution in [0.3, 0.4) is 0 Å². The number of allylic oxidation sites excluding steroid dienone is 1. The zero-order valence-corrected chi connectivity index (χ0v) is 17.2. The molecule has 0 aliphatic heterocycles. The molecule has 4 nitrogen and oxygen atoms in total. The molecule has 0 N–H and O–H groups in total. The lowest BCUT2D eigenvalue weighted by atomic mass is 10.1. The summed E-state index contributed by atoms with van der Waals surface area (Å²) in [6.07, 6.45) is 4.28. The van der Waals surface area contributed by atoms with Gasteiger partial charge in [0.05, 0.1) is 19.2 Å². The number of rotatable bonds is 6. The quantitative estimate of drug-likeness (QED) is 0.444. The second-order valence-electron chi connectivity index (χ2n) is 6.59. The van der Waals surface area contributed by atoms with Crippen molar-refractivity contribution in [2.75, 3.05) is 19.0 Å². The number of alkyl halides is 1. The molecule has 144 valence electrons. The Bertz CT molecular complexity index is 1080. The first kappa shape index (κ1) is 18.7. The van der Waals surface area contributed by atoms with Crippen molar-refractivity contribution in [2.24, 2.45) is 0 Å². The molecule has 3 aromatic rings. The van der Waals surface area contributed by atoms with Gasteiger partial charge in [-0.05, 0) is 37.1 Å². The molecule has 1 aliphatic rings. The Morgan fingerprint density at radius 3 is 2.75 bits per heavy atom. The third kappa shape index (κ3) is 3.44. The highest BCUT2D eigenvalue weighted by Crippen LogP contribution is 2.39. The molecular formula is C22H19BrFNO3. The number of halogens is 2. The molecule has 0 bridgehead atoms. The molecule has 1 heterocycles. The monoisotopic (exact) mass is 443 g/mol. The van der Waals surface area contributed by atoms with Gasteiger partial charge in [0.25, 0.3) is 0 Å². The fourth-order valence-electron chi connectivity index (χ4n) is 3.36. The summed E-state index contributed by atoms with van der Waals surface area (Å²) in [7, 11) is 1.58. The van der Waals surface area contributed by atoms with Gasteiger partial charge in [0.1, 0.15) is 5.75 Å². The van der Waals surface area contributed by atoms with Gasteiger partial charge in [-0.2, -0.15) is 0 Å². The molecule has 4 rings (SSSR count). The van der Waals surface area contributed by atoms with Gasteiger partial charge in [0, 0.05) is 28.5 Å². The van der Waals surface area contributed by atoms with Crippen LogP contribution in [-0.4, -0.2) is 24.0 Å². The number of ether oxygens (including phenoxy) is 3. The van der Waals surface area contributed by atoms with Gasteiger partial charge in [0.15, 0.2) is 23.1 Å². The first-order chi connectivity index (χ1) is 13.6. The Morgan fingerprint density at radius 2 is 1.96 bits per heavy atom. The summed E-state index contributed by atoms with van der Waals surface area (Å²) in [6, 6.07) is 8.91. The number of hydrogen-bond acceptors (Lipinski definition) is 4. The van der Waals surface area contributed by atoms with E-state index in [0.717, 1.165) is 22.9 Å². The lowest BCUT2D eigenvalue weighted by Gasteiger charge is -2.14. The maximum atomic E-state index is 14.9. The van der Waals surface area contributed by atoms with E-state index in [1.165, 1.54) is 0 Å². The molecule has 0 atom stereocenters. The third-order valence-corrected chi connectivity index (χ3v) is 4.96. The molecular weight excluding hydrogens is 425 g/mol. The van der Waals surface area contributed by atoms with Crippen LogP contribution in [0.15, 0.2) is 42.1 Å². The highest BCUT2D eigenvalue weighted by Gasteiger charge is 2.19. The summed E-state index contributed by atoms with van der Waals surface area (Å²) in [5.41, 5.74) is 3.41. The lowest BCUT2D eigenvalue weighted by Crippen LogP contribution is -2.00. The number of hydrogen-bond donors (Lipinski definition) is 0. The molecule has 2 aromatic carbocycles. The molecule has 28 heavy (non-hydrogen) atoms. The highest BCUT2D eigenvalue weighted by atomic mass is 79.9. The Kier molecular flexibility index (Phi) is 5.22. The van der Waals surface area contributed by atoms with Crippen molar-refractivity contribution >= 4 is 32.9 Å². The van der Waals surface area contributed by atoms with Crippen molar-refractivity contribution in [3.8, 4) is 23.0 Å². The Hall–Kier alpha value is -2.60. The second-order valence-corrected chi connectivity index (χ2v) is 7.38. The van der Waals surface area contributed by atoms with Crippen LogP contribution >= 0.6 is 15.9 Å². The fourth-order valence-corrected chi connectivity index (χ4v) is 3.52. The molecule has 0 spiro atoms. The topological polar surface area (TPSA) is 40.6 Å². The van der Waals surface area contributed by atoms with Crippen LogP contribution in [0.5, 0.6) is 23.0 Å². The van der Waals surface area contributed by atoms with Gasteiger partial charge in [-0.1, -0.05) is 33.6 Å². The molecule has 1 aliphatic carbocycles. The van der Waals surface area contributed by atoms with Crippen LogP contribution in [0.1, 0.15) is 18.1 Å². The first-order valence-corrected chi connectivity index (χ1v) is 10.0. The van der Waals surface area contributed by atoms with E-state index in [-0.39, 0.29) is 11.6 Å². The zero-order chi connectivity index (χ0) is 19.7. The normalized spacial score (nSPS) is 12.6. The van der Waals surface area contributed by atoms with E-state index in [0.29, 0.717) is 40.3 Å². The van der Waals surface area contributed by atoms with Crippen LogP contribution in [-0.2, 0) is 6.42 Å². The summed E-state index contributed by atoms with van der Waals surface area (Å²) in [5, 5.41) is 1.42.